The maximum Gasteiger partial charge on any atom is 0.282 e. The van der Waals surface area contributed by atoms with Crippen molar-refractivity contribution in [3.05, 3.63) is 24.3 Å². The summed E-state index contributed by atoms with van der Waals surface area (Å²) in [6.45, 7) is 3.43. The quantitative estimate of drug-likeness (QED) is 0.940. The molecular formula is C14H16N4O2S. The van der Waals surface area contributed by atoms with E-state index >= 15 is 0 Å². The summed E-state index contributed by atoms with van der Waals surface area (Å²) in [6, 6.07) is 7.75. The number of amides is 2. The van der Waals surface area contributed by atoms with E-state index in [1.54, 1.807) is 4.90 Å². The van der Waals surface area contributed by atoms with Crippen LogP contribution < -0.4 is 5.32 Å². The lowest BCUT2D eigenvalue weighted by Crippen LogP contribution is -2.33. The van der Waals surface area contributed by atoms with Crippen LogP contribution in [0.1, 0.15) is 6.92 Å². The summed E-state index contributed by atoms with van der Waals surface area (Å²) in [7, 11) is 0. The molecule has 0 atom stereocenters. The molecule has 7 heteroatoms. The third-order valence-corrected chi connectivity index (χ3v) is 4.29. The Hall–Kier alpha value is -2.02. The molecule has 1 aromatic heterocycles. The summed E-state index contributed by atoms with van der Waals surface area (Å²) in [5.74, 6) is 1.07. The average Bonchev–Trinajstić information content (AvgIpc) is 3.02. The van der Waals surface area contributed by atoms with Gasteiger partial charge in [0, 0.05) is 18.8 Å². The van der Waals surface area contributed by atoms with Crippen molar-refractivity contribution < 1.29 is 9.59 Å². The molecule has 2 heterocycles. The molecule has 1 aromatic carbocycles. The van der Waals surface area contributed by atoms with Crippen molar-refractivity contribution in [2.24, 2.45) is 0 Å². The molecule has 1 N–H and O–H groups in total. The van der Waals surface area contributed by atoms with Crippen LogP contribution in [0.25, 0.3) is 11.0 Å². The van der Waals surface area contributed by atoms with E-state index in [0.29, 0.717) is 19.0 Å². The molecule has 1 aliphatic heterocycles. The smallest absolute Gasteiger partial charge is 0.282 e. The van der Waals surface area contributed by atoms with Gasteiger partial charge in [0.05, 0.1) is 11.0 Å². The fraction of sp³-hybridized carbons (Fsp3) is 0.357. The van der Waals surface area contributed by atoms with Crippen LogP contribution in [-0.4, -0.2) is 44.4 Å². The zero-order valence-electron chi connectivity index (χ0n) is 11.7. The Bertz CT molecular complexity index is 697. The van der Waals surface area contributed by atoms with Gasteiger partial charge in [-0.05, 0) is 19.1 Å². The van der Waals surface area contributed by atoms with Gasteiger partial charge in [0.15, 0.2) is 0 Å². The Morgan fingerprint density at radius 3 is 2.95 bits per heavy atom. The summed E-state index contributed by atoms with van der Waals surface area (Å²) in [4.78, 5) is 29.6. The number of aryl methyl sites for hydroxylation is 1. The van der Waals surface area contributed by atoms with E-state index in [1.165, 1.54) is 11.8 Å². The van der Waals surface area contributed by atoms with Crippen molar-refractivity contribution in [2.45, 2.75) is 13.5 Å². The highest BCUT2D eigenvalue weighted by Crippen LogP contribution is 2.20. The molecule has 0 aliphatic carbocycles. The van der Waals surface area contributed by atoms with E-state index in [4.69, 9.17) is 0 Å². The first-order chi connectivity index (χ1) is 10.2. The predicted molar refractivity (Wildman–Crippen MR) is 83.5 cm³/mol. The molecule has 0 saturated carbocycles. The molecule has 21 heavy (non-hydrogen) atoms. The van der Waals surface area contributed by atoms with Crippen molar-refractivity contribution in [2.75, 3.05) is 24.2 Å². The lowest BCUT2D eigenvalue weighted by molar-refractivity contribution is -0.116. The third kappa shape index (κ3) is 2.73. The van der Waals surface area contributed by atoms with Crippen LogP contribution in [0.2, 0.25) is 0 Å². The number of nitrogens with zero attached hydrogens (tertiary/aromatic N) is 3. The molecule has 0 unspecified atom stereocenters. The molecular weight excluding hydrogens is 288 g/mol. The van der Waals surface area contributed by atoms with Crippen molar-refractivity contribution in [3.63, 3.8) is 0 Å². The van der Waals surface area contributed by atoms with Gasteiger partial charge in [0.2, 0.25) is 11.9 Å². The summed E-state index contributed by atoms with van der Waals surface area (Å²) < 4.78 is 1.95. The summed E-state index contributed by atoms with van der Waals surface area (Å²) in [5.41, 5.74) is 1.84. The maximum absolute atomic E-state index is 12.1. The molecule has 1 saturated heterocycles. The van der Waals surface area contributed by atoms with Crippen LogP contribution in [0.15, 0.2) is 24.3 Å². The predicted octanol–water partition coefficient (Wildman–Crippen LogP) is 2.16. The minimum atomic E-state index is -0.212. The SMILES string of the molecule is CCn1c(NC(=O)CN2CCSC2=O)nc2ccccc21. The van der Waals surface area contributed by atoms with E-state index in [1.807, 2.05) is 35.8 Å². The minimum absolute atomic E-state index is 0.0332. The summed E-state index contributed by atoms with van der Waals surface area (Å²) in [6.07, 6.45) is 0. The Labute approximate surface area is 126 Å². The number of fused-ring (bicyclic) bond motifs is 1. The number of hydrogen-bond donors (Lipinski definition) is 1. The van der Waals surface area contributed by atoms with Gasteiger partial charge in [0.25, 0.3) is 5.24 Å². The van der Waals surface area contributed by atoms with E-state index in [0.717, 1.165) is 16.8 Å². The van der Waals surface area contributed by atoms with Crippen LogP contribution in [0.4, 0.5) is 10.7 Å². The fourth-order valence-electron chi connectivity index (χ4n) is 2.40. The van der Waals surface area contributed by atoms with E-state index < -0.39 is 0 Å². The monoisotopic (exact) mass is 304 g/mol. The molecule has 1 fully saturated rings. The van der Waals surface area contributed by atoms with Crippen molar-refractivity contribution in [1.82, 2.24) is 14.5 Å². The second-order valence-corrected chi connectivity index (χ2v) is 5.80. The van der Waals surface area contributed by atoms with Crippen LogP contribution in [0.5, 0.6) is 0 Å². The zero-order valence-corrected chi connectivity index (χ0v) is 12.5. The standard InChI is InChI=1S/C14H16N4O2S/c1-2-18-11-6-4-3-5-10(11)15-13(18)16-12(19)9-17-7-8-21-14(17)20/h3-6H,2,7-9H2,1H3,(H,15,16,19). The van der Waals surface area contributed by atoms with Gasteiger partial charge in [-0.25, -0.2) is 4.98 Å². The molecule has 3 rings (SSSR count). The lowest BCUT2D eigenvalue weighted by Gasteiger charge is -2.14. The Morgan fingerprint density at radius 1 is 1.43 bits per heavy atom. The Morgan fingerprint density at radius 2 is 2.24 bits per heavy atom. The molecule has 0 spiro atoms. The first kappa shape index (κ1) is 13.9. The lowest BCUT2D eigenvalue weighted by atomic mass is 10.3. The second kappa shape index (κ2) is 5.77. The van der Waals surface area contributed by atoms with E-state index in [-0.39, 0.29) is 17.7 Å². The van der Waals surface area contributed by atoms with Gasteiger partial charge < -0.3 is 9.47 Å². The number of rotatable bonds is 4. The second-order valence-electron chi connectivity index (χ2n) is 4.75. The first-order valence-corrected chi connectivity index (χ1v) is 7.84. The Kier molecular flexibility index (Phi) is 3.83. The fourth-order valence-corrected chi connectivity index (χ4v) is 3.22. The number of nitrogens with one attached hydrogen (secondary N) is 1. The van der Waals surface area contributed by atoms with Crippen LogP contribution in [-0.2, 0) is 11.3 Å². The van der Waals surface area contributed by atoms with Gasteiger partial charge in [0.1, 0.15) is 6.54 Å². The number of benzene rings is 1. The maximum atomic E-state index is 12.1. The average molecular weight is 304 g/mol. The highest BCUT2D eigenvalue weighted by atomic mass is 32.2. The largest absolute Gasteiger partial charge is 0.323 e. The number of carbonyl (C=O) groups excluding carboxylic acids is 2. The van der Waals surface area contributed by atoms with Gasteiger partial charge >= 0.3 is 0 Å². The number of aromatic nitrogens is 2. The van der Waals surface area contributed by atoms with Crippen LogP contribution in [0.3, 0.4) is 0 Å². The first-order valence-electron chi connectivity index (χ1n) is 6.86. The molecule has 110 valence electrons. The topological polar surface area (TPSA) is 67.2 Å². The highest BCUT2D eigenvalue weighted by Gasteiger charge is 2.23. The molecule has 2 aromatic rings. The number of anilines is 1. The molecule has 0 radical (unpaired) electrons. The van der Waals surface area contributed by atoms with E-state index in [9.17, 15) is 9.59 Å². The van der Waals surface area contributed by atoms with Gasteiger partial charge in [-0.2, -0.15) is 0 Å². The minimum Gasteiger partial charge on any atom is -0.323 e. The Balaban J connectivity index is 1.78. The van der Waals surface area contributed by atoms with Gasteiger partial charge in [-0.1, -0.05) is 23.9 Å². The van der Waals surface area contributed by atoms with Crippen molar-refractivity contribution in [1.29, 1.82) is 0 Å². The number of carbonyl (C=O) groups is 2. The zero-order chi connectivity index (χ0) is 14.8. The number of imidazole rings is 1. The molecule has 0 bridgehead atoms. The van der Waals surface area contributed by atoms with Crippen LogP contribution >= 0.6 is 11.8 Å². The summed E-state index contributed by atoms with van der Waals surface area (Å²) in [5, 5.41) is 2.77. The van der Waals surface area contributed by atoms with E-state index in [2.05, 4.69) is 10.3 Å². The van der Waals surface area contributed by atoms with Crippen LogP contribution in [0, 0.1) is 0 Å². The van der Waals surface area contributed by atoms with Gasteiger partial charge in [-0.3, -0.25) is 14.9 Å². The molecule has 1 aliphatic rings. The molecule has 6 nitrogen and oxygen atoms in total. The third-order valence-electron chi connectivity index (χ3n) is 3.40. The van der Waals surface area contributed by atoms with Crippen molar-refractivity contribution in [3.8, 4) is 0 Å². The summed E-state index contributed by atoms with van der Waals surface area (Å²) >= 11 is 1.25. The van der Waals surface area contributed by atoms with Crippen molar-refractivity contribution >= 4 is 39.9 Å². The number of hydrogen-bond acceptors (Lipinski definition) is 4. The normalized spacial score (nSPS) is 14.9. The van der Waals surface area contributed by atoms with Gasteiger partial charge in [-0.15, -0.1) is 0 Å². The number of thioether (sulfide) groups is 1. The number of para-hydroxylation sites is 2. The highest BCUT2D eigenvalue weighted by molar-refractivity contribution is 8.13. The molecule has 2 amide bonds.